The molecule has 1 aromatic carbocycles. The van der Waals surface area contributed by atoms with Gasteiger partial charge in [0, 0.05) is 11.3 Å². The SMILES string of the molecule is COc1ccc(N)cc1C(O)C(=O)O. The van der Waals surface area contributed by atoms with Crippen LogP contribution in [0.1, 0.15) is 11.7 Å². The number of ether oxygens (including phenoxy) is 1. The van der Waals surface area contributed by atoms with Crippen LogP contribution in [0.25, 0.3) is 0 Å². The van der Waals surface area contributed by atoms with Crippen molar-refractivity contribution in [2.45, 2.75) is 6.10 Å². The van der Waals surface area contributed by atoms with Crippen LogP contribution >= 0.6 is 0 Å². The van der Waals surface area contributed by atoms with E-state index in [1.165, 1.54) is 19.2 Å². The van der Waals surface area contributed by atoms with Gasteiger partial charge in [-0.15, -0.1) is 0 Å². The van der Waals surface area contributed by atoms with E-state index in [1.807, 2.05) is 0 Å². The second kappa shape index (κ2) is 3.97. The number of nitrogen functional groups attached to an aromatic ring is 1. The Bertz CT molecular complexity index is 351. The zero-order valence-corrected chi connectivity index (χ0v) is 7.60. The summed E-state index contributed by atoms with van der Waals surface area (Å²) >= 11 is 0. The molecule has 1 atom stereocenters. The standard InChI is InChI=1S/C9H11NO4/c1-14-7-3-2-5(10)4-6(7)8(11)9(12)13/h2-4,8,11H,10H2,1H3,(H,12,13). The average Bonchev–Trinajstić information content (AvgIpc) is 2.16. The van der Waals surface area contributed by atoms with Gasteiger partial charge in [0.15, 0.2) is 6.10 Å². The summed E-state index contributed by atoms with van der Waals surface area (Å²) in [6, 6.07) is 4.45. The number of hydrogen-bond donors (Lipinski definition) is 3. The molecule has 0 aliphatic carbocycles. The Morgan fingerprint density at radius 1 is 1.57 bits per heavy atom. The predicted octanol–water partition coefficient (Wildman–Crippen LogP) is 0.395. The lowest BCUT2D eigenvalue weighted by Gasteiger charge is -2.11. The van der Waals surface area contributed by atoms with Gasteiger partial charge in [0.05, 0.1) is 7.11 Å². The molecule has 4 N–H and O–H groups in total. The van der Waals surface area contributed by atoms with Crippen LogP contribution in [0.3, 0.4) is 0 Å². The van der Waals surface area contributed by atoms with Crippen LogP contribution in [0.15, 0.2) is 18.2 Å². The maximum absolute atomic E-state index is 10.5. The summed E-state index contributed by atoms with van der Waals surface area (Å²) < 4.78 is 4.89. The first-order valence-electron chi connectivity index (χ1n) is 3.90. The number of methoxy groups -OCH3 is 1. The van der Waals surface area contributed by atoms with E-state index in [1.54, 1.807) is 6.07 Å². The number of anilines is 1. The molecule has 0 heterocycles. The molecule has 0 saturated heterocycles. The Hall–Kier alpha value is -1.75. The lowest BCUT2D eigenvalue weighted by atomic mass is 10.1. The molecule has 0 aliphatic heterocycles. The van der Waals surface area contributed by atoms with Crippen LogP contribution in [0.2, 0.25) is 0 Å². The fourth-order valence-corrected chi connectivity index (χ4v) is 1.10. The number of carboxylic acids is 1. The number of nitrogens with two attached hydrogens (primary N) is 1. The normalized spacial score (nSPS) is 12.1. The number of aliphatic hydroxyl groups excluding tert-OH is 1. The van der Waals surface area contributed by atoms with Crippen molar-refractivity contribution in [2.75, 3.05) is 12.8 Å². The number of hydrogen-bond acceptors (Lipinski definition) is 4. The molecule has 5 heteroatoms. The first-order valence-corrected chi connectivity index (χ1v) is 3.90. The van der Waals surface area contributed by atoms with Crippen LogP contribution in [0.4, 0.5) is 5.69 Å². The third kappa shape index (κ3) is 1.94. The summed E-state index contributed by atoms with van der Waals surface area (Å²) in [5.74, 6) is -1.04. The quantitative estimate of drug-likeness (QED) is 0.610. The molecule has 0 saturated carbocycles. The van der Waals surface area contributed by atoms with Gasteiger partial charge in [-0.1, -0.05) is 0 Å². The van der Waals surface area contributed by atoms with E-state index >= 15 is 0 Å². The fourth-order valence-electron chi connectivity index (χ4n) is 1.10. The first-order chi connectivity index (χ1) is 6.56. The van der Waals surface area contributed by atoms with Gasteiger partial charge in [0.1, 0.15) is 5.75 Å². The number of carboxylic acid groups (broad SMARTS) is 1. The van der Waals surface area contributed by atoms with Crippen molar-refractivity contribution in [1.82, 2.24) is 0 Å². The van der Waals surface area contributed by atoms with E-state index in [2.05, 4.69) is 0 Å². The zero-order chi connectivity index (χ0) is 10.7. The van der Waals surface area contributed by atoms with Crippen LogP contribution in [-0.2, 0) is 4.79 Å². The van der Waals surface area contributed by atoms with Gasteiger partial charge in [-0.25, -0.2) is 4.79 Å². The molecule has 14 heavy (non-hydrogen) atoms. The molecule has 0 amide bonds. The number of aliphatic carboxylic acids is 1. The molecule has 5 nitrogen and oxygen atoms in total. The fraction of sp³-hybridized carbons (Fsp3) is 0.222. The molecular weight excluding hydrogens is 186 g/mol. The highest BCUT2D eigenvalue weighted by Gasteiger charge is 2.20. The third-order valence-corrected chi connectivity index (χ3v) is 1.78. The topological polar surface area (TPSA) is 92.8 Å². The van der Waals surface area contributed by atoms with E-state index in [4.69, 9.17) is 15.6 Å². The van der Waals surface area contributed by atoms with Crippen molar-refractivity contribution >= 4 is 11.7 Å². The predicted molar refractivity (Wildman–Crippen MR) is 50.0 cm³/mol. The van der Waals surface area contributed by atoms with E-state index in [9.17, 15) is 9.90 Å². The van der Waals surface area contributed by atoms with Gasteiger partial charge in [0.25, 0.3) is 0 Å². The minimum Gasteiger partial charge on any atom is -0.496 e. The van der Waals surface area contributed by atoms with Crippen molar-refractivity contribution in [3.8, 4) is 5.75 Å². The third-order valence-electron chi connectivity index (χ3n) is 1.78. The lowest BCUT2D eigenvalue weighted by molar-refractivity contribution is -0.147. The van der Waals surface area contributed by atoms with Gasteiger partial charge in [-0.2, -0.15) is 0 Å². The molecule has 0 fully saturated rings. The molecule has 76 valence electrons. The van der Waals surface area contributed by atoms with E-state index < -0.39 is 12.1 Å². The maximum Gasteiger partial charge on any atom is 0.337 e. The molecule has 0 bridgehead atoms. The van der Waals surface area contributed by atoms with Gasteiger partial charge < -0.3 is 20.7 Å². The number of aliphatic hydroxyl groups is 1. The van der Waals surface area contributed by atoms with Crippen LogP contribution < -0.4 is 10.5 Å². The van der Waals surface area contributed by atoms with Gasteiger partial charge >= 0.3 is 5.97 Å². The maximum atomic E-state index is 10.5. The Morgan fingerprint density at radius 2 is 2.21 bits per heavy atom. The summed E-state index contributed by atoms with van der Waals surface area (Å²) in [6.07, 6.45) is -1.62. The van der Waals surface area contributed by atoms with Crippen molar-refractivity contribution < 1.29 is 19.7 Å². The number of carbonyl (C=O) groups is 1. The highest BCUT2D eigenvalue weighted by Crippen LogP contribution is 2.27. The Balaban J connectivity index is 3.16. The minimum atomic E-state index is -1.62. The summed E-state index contributed by atoms with van der Waals surface area (Å²) in [6.45, 7) is 0. The van der Waals surface area contributed by atoms with Crippen molar-refractivity contribution in [2.24, 2.45) is 0 Å². The second-order valence-corrected chi connectivity index (χ2v) is 2.74. The monoisotopic (exact) mass is 197 g/mol. The van der Waals surface area contributed by atoms with Gasteiger partial charge in [-0.05, 0) is 18.2 Å². The van der Waals surface area contributed by atoms with Crippen molar-refractivity contribution in [3.63, 3.8) is 0 Å². The van der Waals surface area contributed by atoms with Crippen LogP contribution in [0.5, 0.6) is 5.75 Å². The number of benzene rings is 1. The first kappa shape index (κ1) is 10.3. The van der Waals surface area contributed by atoms with Gasteiger partial charge in [0.2, 0.25) is 0 Å². The Kier molecular flexibility index (Phi) is 2.93. The average molecular weight is 197 g/mol. The van der Waals surface area contributed by atoms with Crippen LogP contribution in [-0.4, -0.2) is 23.3 Å². The largest absolute Gasteiger partial charge is 0.496 e. The molecule has 1 unspecified atom stereocenters. The van der Waals surface area contributed by atoms with E-state index in [0.29, 0.717) is 11.4 Å². The molecular formula is C9H11NO4. The van der Waals surface area contributed by atoms with E-state index in [-0.39, 0.29) is 5.56 Å². The molecule has 0 aromatic heterocycles. The molecule has 1 aromatic rings. The minimum absolute atomic E-state index is 0.153. The summed E-state index contributed by atoms with van der Waals surface area (Å²) in [7, 11) is 1.39. The summed E-state index contributed by atoms with van der Waals surface area (Å²) in [4.78, 5) is 10.5. The van der Waals surface area contributed by atoms with Gasteiger partial charge in [-0.3, -0.25) is 0 Å². The molecule has 0 radical (unpaired) electrons. The Labute approximate surface area is 80.7 Å². The highest BCUT2D eigenvalue weighted by molar-refractivity contribution is 5.75. The Morgan fingerprint density at radius 3 is 2.71 bits per heavy atom. The summed E-state index contributed by atoms with van der Waals surface area (Å²) in [5.41, 5.74) is 5.99. The van der Waals surface area contributed by atoms with Crippen molar-refractivity contribution in [1.29, 1.82) is 0 Å². The molecule has 1 rings (SSSR count). The van der Waals surface area contributed by atoms with E-state index in [0.717, 1.165) is 0 Å². The second-order valence-electron chi connectivity index (χ2n) is 2.74. The zero-order valence-electron chi connectivity index (χ0n) is 7.60. The summed E-state index contributed by atoms with van der Waals surface area (Å²) in [5, 5.41) is 17.9. The lowest BCUT2D eigenvalue weighted by Crippen LogP contribution is -2.12. The molecule has 0 aliphatic rings. The van der Waals surface area contributed by atoms with Crippen LogP contribution in [0, 0.1) is 0 Å². The molecule has 0 spiro atoms. The highest BCUT2D eigenvalue weighted by atomic mass is 16.5. The van der Waals surface area contributed by atoms with Crippen molar-refractivity contribution in [3.05, 3.63) is 23.8 Å². The number of rotatable bonds is 3. The smallest absolute Gasteiger partial charge is 0.337 e.